The van der Waals surface area contributed by atoms with Crippen LogP contribution in [-0.2, 0) is 6.18 Å². The lowest BCUT2D eigenvalue weighted by molar-refractivity contribution is -0.137. The normalized spacial score (nSPS) is 19.0. The van der Waals surface area contributed by atoms with Crippen LogP contribution in [0.3, 0.4) is 0 Å². The number of likely N-dealkylation sites (tertiary alicyclic amines) is 1. The number of fused-ring (bicyclic) bond motifs is 1. The molecular weight excluding hydrogens is 599 g/mol. The van der Waals surface area contributed by atoms with Gasteiger partial charge in [0.05, 0.1) is 23.3 Å². The van der Waals surface area contributed by atoms with E-state index in [0.717, 1.165) is 43.6 Å². The van der Waals surface area contributed by atoms with Crippen molar-refractivity contribution in [1.29, 1.82) is 5.26 Å². The second-order valence-corrected chi connectivity index (χ2v) is 11.7. The molecule has 0 atom stereocenters. The molecule has 2 fully saturated rings. The number of hydrogen-bond acceptors (Lipinski definition) is 6. The van der Waals surface area contributed by atoms with Gasteiger partial charge in [-0.15, -0.1) is 0 Å². The van der Waals surface area contributed by atoms with Crippen LogP contribution >= 0.6 is 0 Å². The van der Waals surface area contributed by atoms with E-state index >= 15 is 0 Å². The molecule has 2 heterocycles. The first-order valence-electron chi connectivity index (χ1n) is 15.3. The number of hydrogen-bond donors (Lipinski definition) is 1. The van der Waals surface area contributed by atoms with Crippen LogP contribution in [0, 0.1) is 11.3 Å². The second-order valence-electron chi connectivity index (χ2n) is 11.7. The van der Waals surface area contributed by atoms with Gasteiger partial charge in [0, 0.05) is 42.9 Å². The highest BCUT2D eigenvalue weighted by atomic mass is 19.4. The molecule has 3 aromatic carbocycles. The van der Waals surface area contributed by atoms with Crippen LogP contribution in [-0.4, -0.2) is 48.1 Å². The highest BCUT2D eigenvalue weighted by molar-refractivity contribution is 6.00. The monoisotopic (exact) mass is 631 g/mol. The number of benzene rings is 3. The number of nitrogens with one attached hydrogen (secondary N) is 1. The topological polar surface area (TPSA) is 105 Å². The number of carbonyl (C=O) groups is 2. The molecule has 46 heavy (non-hydrogen) atoms. The number of ether oxygens (including phenoxy) is 2. The van der Waals surface area contributed by atoms with Gasteiger partial charge in [0.1, 0.15) is 23.2 Å². The molecule has 6 rings (SSSR count). The molecule has 0 radical (unpaired) electrons. The molecule has 1 aliphatic carbocycles. The zero-order chi connectivity index (χ0) is 32.3. The maximum atomic E-state index is 13.3. The number of carbonyl (C=O) groups excluding carboxylic acids is 2. The summed E-state index contributed by atoms with van der Waals surface area (Å²) in [5.74, 6) is 0.806. The van der Waals surface area contributed by atoms with Crippen LogP contribution in [0.25, 0.3) is 11.0 Å². The fourth-order valence-corrected chi connectivity index (χ4v) is 5.94. The summed E-state index contributed by atoms with van der Waals surface area (Å²) in [6, 6.07) is 20.5. The molecule has 1 saturated carbocycles. The van der Waals surface area contributed by atoms with Crippen molar-refractivity contribution >= 4 is 22.8 Å². The second kappa shape index (κ2) is 13.2. The lowest BCUT2D eigenvalue weighted by Gasteiger charge is -2.32. The molecule has 0 bridgehead atoms. The number of nitriles is 1. The first-order valence-corrected chi connectivity index (χ1v) is 15.3. The minimum atomic E-state index is -4.40. The van der Waals surface area contributed by atoms with Crippen molar-refractivity contribution in [1.82, 2.24) is 10.2 Å². The number of alkyl halides is 3. The van der Waals surface area contributed by atoms with Crippen molar-refractivity contribution in [3.8, 4) is 17.6 Å². The Morgan fingerprint density at radius 1 is 0.826 bits per heavy atom. The van der Waals surface area contributed by atoms with Gasteiger partial charge in [0.2, 0.25) is 0 Å². The van der Waals surface area contributed by atoms with Crippen molar-refractivity contribution in [3.05, 3.63) is 95.2 Å². The maximum absolute atomic E-state index is 13.3. The number of rotatable bonds is 7. The smallest absolute Gasteiger partial charge is 0.416 e. The molecule has 0 spiro atoms. The van der Waals surface area contributed by atoms with Gasteiger partial charge in [0.25, 0.3) is 11.8 Å². The Labute approximate surface area is 263 Å². The van der Waals surface area contributed by atoms with E-state index in [9.17, 15) is 22.8 Å². The van der Waals surface area contributed by atoms with Crippen LogP contribution in [0.1, 0.15) is 70.6 Å². The van der Waals surface area contributed by atoms with Gasteiger partial charge in [-0.25, -0.2) is 0 Å². The third-order valence-electron chi connectivity index (χ3n) is 8.50. The fourth-order valence-electron chi connectivity index (χ4n) is 5.94. The largest absolute Gasteiger partial charge is 0.490 e. The Hall–Kier alpha value is -4.98. The van der Waals surface area contributed by atoms with E-state index in [2.05, 4.69) is 11.4 Å². The Morgan fingerprint density at radius 3 is 2.04 bits per heavy atom. The van der Waals surface area contributed by atoms with E-state index in [4.69, 9.17) is 19.2 Å². The standard InChI is InChI=1S/C35H32F3N3O5/c36-35(37,38)25-4-10-28(11-5-25)45-30-15-17-41(18-16-30)34(43)23-3-14-31-24(19-23)20-32(46-31)33(42)40-26-6-12-29(13-7-26)44-27-8-1-22(21-39)2-9-27/h1-5,8-11,14,19-20,26,29-30H,6-7,12-13,15-18H2,(H,40,42)/t26-,29-. The number of nitrogens with zero attached hydrogens (tertiary/aromatic N) is 2. The summed E-state index contributed by atoms with van der Waals surface area (Å²) in [5.41, 5.74) is 0.832. The summed E-state index contributed by atoms with van der Waals surface area (Å²) in [7, 11) is 0. The first kappa shape index (κ1) is 31.0. The molecule has 2 aliphatic rings. The van der Waals surface area contributed by atoms with E-state index in [1.54, 1.807) is 53.4 Å². The van der Waals surface area contributed by atoms with Crippen molar-refractivity contribution in [2.24, 2.45) is 0 Å². The Morgan fingerprint density at radius 2 is 1.43 bits per heavy atom. The average Bonchev–Trinajstić information content (AvgIpc) is 3.50. The van der Waals surface area contributed by atoms with Crippen molar-refractivity contribution < 1.29 is 36.7 Å². The number of amides is 2. The Kier molecular flexibility index (Phi) is 8.88. The first-order chi connectivity index (χ1) is 22.1. The molecule has 0 unspecified atom stereocenters. The zero-order valence-corrected chi connectivity index (χ0v) is 24.9. The Balaban J connectivity index is 0.985. The van der Waals surface area contributed by atoms with Crippen molar-refractivity contribution in [3.63, 3.8) is 0 Å². The predicted molar refractivity (Wildman–Crippen MR) is 163 cm³/mol. The van der Waals surface area contributed by atoms with Crippen LogP contribution in [0.2, 0.25) is 0 Å². The minimum absolute atomic E-state index is 0.00942. The van der Waals surface area contributed by atoms with E-state index in [1.165, 1.54) is 12.1 Å². The predicted octanol–water partition coefficient (Wildman–Crippen LogP) is 7.13. The van der Waals surface area contributed by atoms with Gasteiger partial charge in [-0.05, 0) is 98.5 Å². The van der Waals surface area contributed by atoms with Crippen molar-refractivity contribution in [2.75, 3.05) is 13.1 Å². The summed E-state index contributed by atoms with van der Waals surface area (Å²) in [4.78, 5) is 28.0. The quantitative estimate of drug-likeness (QED) is 0.233. The molecule has 238 valence electrons. The molecule has 8 nitrogen and oxygen atoms in total. The lowest BCUT2D eigenvalue weighted by Crippen LogP contribution is -2.41. The molecule has 1 aliphatic heterocycles. The molecule has 4 aromatic rings. The van der Waals surface area contributed by atoms with Gasteiger partial charge in [0.15, 0.2) is 5.76 Å². The van der Waals surface area contributed by atoms with Gasteiger partial charge >= 0.3 is 6.18 Å². The highest BCUT2D eigenvalue weighted by Gasteiger charge is 2.31. The zero-order valence-electron chi connectivity index (χ0n) is 24.9. The van der Waals surface area contributed by atoms with Crippen LogP contribution in [0.15, 0.2) is 77.2 Å². The minimum Gasteiger partial charge on any atom is -0.490 e. The SMILES string of the molecule is N#Cc1ccc(O[C@H]2CC[C@H](NC(=O)c3cc4cc(C(=O)N5CCC(Oc6ccc(C(F)(F)F)cc6)CC5)ccc4o3)CC2)cc1. The lowest BCUT2D eigenvalue weighted by atomic mass is 9.93. The van der Waals surface area contributed by atoms with Crippen LogP contribution in [0.4, 0.5) is 13.2 Å². The van der Waals surface area contributed by atoms with Crippen LogP contribution in [0.5, 0.6) is 11.5 Å². The fraction of sp³-hybridized carbons (Fsp3) is 0.343. The molecule has 1 saturated heterocycles. The third kappa shape index (κ3) is 7.28. The molecule has 1 N–H and O–H groups in total. The highest BCUT2D eigenvalue weighted by Crippen LogP contribution is 2.31. The van der Waals surface area contributed by atoms with Crippen molar-refractivity contribution in [2.45, 2.75) is 63.0 Å². The number of piperidine rings is 1. The summed E-state index contributed by atoms with van der Waals surface area (Å²) in [6.45, 7) is 0.893. The molecular formula is C35H32F3N3O5. The number of furan rings is 1. The van der Waals surface area contributed by atoms with E-state index in [-0.39, 0.29) is 35.8 Å². The Bertz CT molecular complexity index is 1730. The van der Waals surface area contributed by atoms with Crippen LogP contribution < -0.4 is 14.8 Å². The number of halogens is 3. The van der Waals surface area contributed by atoms with Gasteiger partial charge in [-0.3, -0.25) is 9.59 Å². The van der Waals surface area contributed by atoms with E-state index < -0.39 is 11.7 Å². The third-order valence-corrected chi connectivity index (χ3v) is 8.50. The summed E-state index contributed by atoms with van der Waals surface area (Å²) < 4.78 is 56.1. The summed E-state index contributed by atoms with van der Waals surface area (Å²) in [6.07, 6.45) is -0.366. The van der Waals surface area contributed by atoms with E-state index in [0.29, 0.717) is 53.8 Å². The van der Waals surface area contributed by atoms with Gasteiger partial charge in [-0.2, -0.15) is 18.4 Å². The summed E-state index contributed by atoms with van der Waals surface area (Å²) >= 11 is 0. The van der Waals surface area contributed by atoms with Gasteiger partial charge < -0.3 is 24.1 Å². The van der Waals surface area contributed by atoms with E-state index in [1.807, 2.05) is 0 Å². The summed E-state index contributed by atoms with van der Waals surface area (Å²) in [5, 5.41) is 12.7. The maximum Gasteiger partial charge on any atom is 0.416 e. The average molecular weight is 632 g/mol. The molecule has 11 heteroatoms. The molecule has 1 aromatic heterocycles. The molecule has 2 amide bonds. The van der Waals surface area contributed by atoms with Gasteiger partial charge in [-0.1, -0.05) is 0 Å².